The number of carbonyl (C=O) groups excluding carboxylic acids is 2. The number of anilines is 2. The van der Waals surface area contributed by atoms with Crippen LogP contribution in [-0.4, -0.2) is 49.1 Å². The minimum atomic E-state index is -3.96. The van der Waals surface area contributed by atoms with Gasteiger partial charge in [-0.25, -0.2) is 27.9 Å². The Morgan fingerprint density at radius 1 is 1.00 bits per heavy atom. The summed E-state index contributed by atoms with van der Waals surface area (Å²) in [5.41, 5.74) is 0.825. The number of hydrogen-bond donors (Lipinski definition) is 3. The predicted octanol–water partition coefficient (Wildman–Crippen LogP) is 5.90. The lowest BCUT2D eigenvalue weighted by molar-refractivity contribution is -0.114. The summed E-state index contributed by atoms with van der Waals surface area (Å²) in [4.78, 5) is 32.9. The Hall–Kier alpha value is -3.55. The molecule has 0 unspecified atom stereocenters. The largest absolute Gasteiger partial charge is 0.494 e. The molecule has 3 aromatic rings. The SMILES string of the molecule is CC.COc1cc(NC(=O)OC(C)C)cnc1-c1ncc(-c2ccc(NC(C)=O)cc2S(=O)(=O)NC(C)(C)C)s1. The quantitative estimate of drug-likeness (QED) is 0.293. The standard InChI is InChI=1S/C25H31N5O6S2.C2H6/c1-14(2)36-24(32)29-17-10-19(35-7)22(26-12-17)23-27-13-20(37-23)18-9-8-16(28-15(3)31)11-21(18)38(33,34)30-25(4,5)6;1-2/h8-14,30H,1-7H3,(H,28,31)(H,29,32);1-2H3. The highest BCUT2D eigenvalue weighted by molar-refractivity contribution is 7.89. The summed E-state index contributed by atoms with van der Waals surface area (Å²) in [6, 6.07) is 6.26. The van der Waals surface area contributed by atoms with Gasteiger partial charge in [0.25, 0.3) is 0 Å². The van der Waals surface area contributed by atoms with Gasteiger partial charge < -0.3 is 14.8 Å². The van der Waals surface area contributed by atoms with Gasteiger partial charge in [-0.15, -0.1) is 11.3 Å². The number of ether oxygens (including phenoxy) is 2. The molecule has 0 bridgehead atoms. The molecule has 0 fully saturated rings. The molecule has 40 heavy (non-hydrogen) atoms. The molecule has 2 amide bonds. The Balaban J connectivity index is 0.00000274. The van der Waals surface area contributed by atoms with Crippen LogP contribution in [0.15, 0.2) is 41.6 Å². The van der Waals surface area contributed by atoms with E-state index < -0.39 is 21.7 Å². The van der Waals surface area contributed by atoms with Crippen molar-refractivity contribution in [1.82, 2.24) is 14.7 Å². The van der Waals surface area contributed by atoms with Crippen molar-refractivity contribution in [2.24, 2.45) is 0 Å². The van der Waals surface area contributed by atoms with Crippen molar-refractivity contribution in [1.29, 1.82) is 0 Å². The number of methoxy groups -OCH3 is 1. The van der Waals surface area contributed by atoms with E-state index in [1.54, 1.807) is 59.0 Å². The van der Waals surface area contributed by atoms with Crippen LogP contribution in [0.4, 0.5) is 16.2 Å². The van der Waals surface area contributed by atoms with Gasteiger partial charge in [-0.2, -0.15) is 0 Å². The van der Waals surface area contributed by atoms with Crippen molar-refractivity contribution in [2.45, 2.75) is 71.9 Å². The molecule has 0 saturated heterocycles. The van der Waals surface area contributed by atoms with Crippen LogP contribution in [-0.2, 0) is 19.6 Å². The number of nitrogens with one attached hydrogen (secondary N) is 3. The van der Waals surface area contributed by atoms with Crippen molar-refractivity contribution in [3.8, 4) is 26.9 Å². The van der Waals surface area contributed by atoms with Gasteiger partial charge >= 0.3 is 6.09 Å². The van der Waals surface area contributed by atoms with Crippen LogP contribution in [0, 0.1) is 0 Å². The number of hydrogen-bond acceptors (Lipinski definition) is 9. The molecule has 13 heteroatoms. The smallest absolute Gasteiger partial charge is 0.411 e. The van der Waals surface area contributed by atoms with Gasteiger partial charge in [-0.1, -0.05) is 19.9 Å². The van der Waals surface area contributed by atoms with Gasteiger partial charge in [0, 0.05) is 36.0 Å². The number of nitrogens with zero attached hydrogens (tertiary/aromatic N) is 2. The first-order valence-corrected chi connectivity index (χ1v) is 14.9. The van der Waals surface area contributed by atoms with Crippen LogP contribution in [0.2, 0.25) is 0 Å². The fraction of sp³-hybridized carbons (Fsp3) is 0.407. The lowest BCUT2D eigenvalue weighted by Crippen LogP contribution is -2.40. The third kappa shape index (κ3) is 9.00. The summed E-state index contributed by atoms with van der Waals surface area (Å²) in [7, 11) is -2.50. The molecule has 0 spiro atoms. The number of sulfonamides is 1. The number of rotatable bonds is 8. The molecule has 3 N–H and O–H groups in total. The van der Waals surface area contributed by atoms with Crippen LogP contribution in [0.3, 0.4) is 0 Å². The third-order valence-electron chi connectivity index (χ3n) is 4.67. The van der Waals surface area contributed by atoms with Crippen molar-refractivity contribution in [3.05, 3.63) is 36.7 Å². The van der Waals surface area contributed by atoms with E-state index in [-0.39, 0.29) is 16.9 Å². The average molecular weight is 592 g/mol. The van der Waals surface area contributed by atoms with Gasteiger partial charge in [-0.3, -0.25) is 10.1 Å². The highest BCUT2D eigenvalue weighted by Gasteiger charge is 2.27. The van der Waals surface area contributed by atoms with E-state index in [1.165, 1.54) is 37.6 Å². The third-order valence-corrected chi connectivity index (χ3v) is 7.50. The lowest BCUT2D eigenvalue weighted by Gasteiger charge is -2.22. The van der Waals surface area contributed by atoms with Gasteiger partial charge in [0.2, 0.25) is 15.9 Å². The monoisotopic (exact) mass is 591 g/mol. The summed E-state index contributed by atoms with van der Waals surface area (Å²) >= 11 is 1.22. The van der Waals surface area contributed by atoms with Crippen LogP contribution < -0.4 is 20.1 Å². The van der Waals surface area contributed by atoms with E-state index >= 15 is 0 Å². The molecular weight excluding hydrogens is 554 g/mol. The number of aromatic nitrogens is 2. The Morgan fingerprint density at radius 3 is 2.25 bits per heavy atom. The van der Waals surface area contributed by atoms with E-state index in [4.69, 9.17) is 9.47 Å². The average Bonchev–Trinajstić information content (AvgIpc) is 3.32. The summed E-state index contributed by atoms with van der Waals surface area (Å²) < 4.78 is 39.9. The highest BCUT2D eigenvalue weighted by atomic mass is 32.2. The molecule has 11 nitrogen and oxygen atoms in total. The number of pyridine rings is 1. The van der Waals surface area contributed by atoms with Gasteiger partial charge in [-0.05, 0) is 46.8 Å². The second-order valence-electron chi connectivity index (χ2n) is 9.63. The molecule has 0 aliphatic heterocycles. The molecule has 2 aromatic heterocycles. The minimum Gasteiger partial charge on any atom is -0.494 e. The molecule has 2 heterocycles. The molecule has 0 aliphatic carbocycles. The maximum Gasteiger partial charge on any atom is 0.411 e. The fourth-order valence-corrected chi connectivity index (χ4v) is 6.07. The molecule has 1 aromatic carbocycles. The molecule has 218 valence electrons. The number of benzene rings is 1. The van der Waals surface area contributed by atoms with Gasteiger partial charge in [0.1, 0.15) is 16.5 Å². The molecule has 0 radical (unpaired) electrons. The van der Waals surface area contributed by atoms with E-state index in [0.717, 1.165) is 0 Å². The van der Waals surface area contributed by atoms with Gasteiger partial charge in [0.05, 0.1) is 34.9 Å². The van der Waals surface area contributed by atoms with Gasteiger partial charge in [0.15, 0.2) is 0 Å². The predicted molar refractivity (Wildman–Crippen MR) is 158 cm³/mol. The highest BCUT2D eigenvalue weighted by Crippen LogP contribution is 2.39. The second kappa shape index (κ2) is 13.7. The summed E-state index contributed by atoms with van der Waals surface area (Å²) in [5, 5.41) is 5.70. The van der Waals surface area contributed by atoms with E-state index in [2.05, 4.69) is 25.3 Å². The Morgan fingerprint density at radius 2 is 1.68 bits per heavy atom. The first-order valence-electron chi connectivity index (χ1n) is 12.6. The van der Waals surface area contributed by atoms with Crippen molar-refractivity contribution in [2.75, 3.05) is 17.7 Å². The van der Waals surface area contributed by atoms with Crippen LogP contribution in [0.25, 0.3) is 21.1 Å². The van der Waals surface area contributed by atoms with Crippen molar-refractivity contribution in [3.63, 3.8) is 0 Å². The molecule has 3 rings (SSSR count). The molecular formula is C27H37N5O6S2. The van der Waals surface area contributed by atoms with E-state index in [0.29, 0.717) is 38.3 Å². The van der Waals surface area contributed by atoms with Crippen LogP contribution >= 0.6 is 11.3 Å². The second-order valence-corrected chi connectivity index (χ2v) is 12.3. The summed E-state index contributed by atoms with van der Waals surface area (Å²) in [5.74, 6) is 0.0371. The zero-order valence-corrected chi connectivity index (χ0v) is 25.8. The van der Waals surface area contributed by atoms with E-state index in [1.807, 2.05) is 13.8 Å². The minimum absolute atomic E-state index is 0.00277. The van der Waals surface area contributed by atoms with Crippen molar-refractivity contribution < 1.29 is 27.5 Å². The van der Waals surface area contributed by atoms with Crippen molar-refractivity contribution >= 4 is 44.7 Å². The Labute approximate surface area is 239 Å². The zero-order chi connectivity index (χ0) is 30.3. The normalized spacial score (nSPS) is 11.3. The fourth-order valence-electron chi connectivity index (χ4n) is 3.39. The topological polar surface area (TPSA) is 149 Å². The number of amides is 2. The first kappa shape index (κ1) is 32.7. The van der Waals surface area contributed by atoms with Crippen LogP contribution in [0.1, 0.15) is 55.4 Å². The molecule has 0 saturated carbocycles. The summed E-state index contributed by atoms with van der Waals surface area (Å²) in [6.07, 6.45) is 2.11. The zero-order valence-electron chi connectivity index (χ0n) is 24.2. The summed E-state index contributed by atoms with van der Waals surface area (Å²) in [6.45, 7) is 14.1. The maximum atomic E-state index is 13.3. The van der Waals surface area contributed by atoms with E-state index in [9.17, 15) is 18.0 Å². The molecule has 0 aliphatic rings. The van der Waals surface area contributed by atoms with Crippen LogP contribution in [0.5, 0.6) is 5.75 Å². The lowest BCUT2D eigenvalue weighted by atomic mass is 10.1. The molecule has 0 atom stereocenters. The Bertz CT molecular complexity index is 1450. The Kier molecular flexibility index (Phi) is 11.2. The first-order chi connectivity index (χ1) is 18.7. The maximum absolute atomic E-state index is 13.3. The number of carbonyl (C=O) groups is 2. The number of thiazole rings is 1.